The zero-order chi connectivity index (χ0) is 9.97. The molecule has 0 amide bonds. The Kier molecular flexibility index (Phi) is 2.88. The van der Waals surface area contributed by atoms with Crippen LogP contribution in [0.3, 0.4) is 0 Å². The predicted octanol–water partition coefficient (Wildman–Crippen LogP) is 2.66. The van der Waals surface area contributed by atoms with Gasteiger partial charge in [-0.05, 0) is 24.7 Å². The van der Waals surface area contributed by atoms with E-state index in [-0.39, 0.29) is 0 Å². The minimum Gasteiger partial charge on any atom is -0.366 e. The summed E-state index contributed by atoms with van der Waals surface area (Å²) in [5, 5.41) is 8.50. The summed E-state index contributed by atoms with van der Waals surface area (Å²) in [6.07, 6.45) is 9.20. The van der Waals surface area contributed by atoms with E-state index in [0.717, 1.165) is 12.8 Å². The van der Waals surface area contributed by atoms with Crippen molar-refractivity contribution in [2.45, 2.75) is 44.8 Å². The molecule has 0 aliphatic carbocycles. The number of hydrogen-bond donors (Lipinski definition) is 0. The van der Waals surface area contributed by atoms with Crippen LogP contribution >= 0.6 is 0 Å². The molecule has 0 aromatic carbocycles. The van der Waals surface area contributed by atoms with Gasteiger partial charge in [-0.15, -0.1) is 0 Å². The molecule has 2 aliphatic heterocycles. The van der Waals surface area contributed by atoms with Gasteiger partial charge in [0.1, 0.15) is 0 Å². The van der Waals surface area contributed by atoms with E-state index in [4.69, 9.17) is 10.00 Å². The number of unbranched alkanes of at least 4 members (excludes halogenated alkanes) is 1. The highest BCUT2D eigenvalue weighted by molar-refractivity contribution is 5.14. The fraction of sp³-hybridized carbons (Fsp3) is 0.750. The second-order valence-electron chi connectivity index (χ2n) is 4.24. The summed E-state index contributed by atoms with van der Waals surface area (Å²) in [6.45, 7) is 2.24. The Morgan fingerprint density at radius 3 is 2.64 bits per heavy atom. The van der Waals surface area contributed by atoms with Crippen molar-refractivity contribution in [1.29, 1.82) is 5.26 Å². The quantitative estimate of drug-likeness (QED) is 0.505. The summed E-state index contributed by atoms with van der Waals surface area (Å²) in [4.78, 5) is 0. The van der Waals surface area contributed by atoms with Gasteiger partial charge >= 0.3 is 0 Å². The van der Waals surface area contributed by atoms with E-state index in [1.807, 2.05) is 0 Å². The van der Waals surface area contributed by atoms with E-state index in [9.17, 15) is 0 Å². The average molecular weight is 191 g/mol. The van der Waals surface area contributed by atoms with Crippen LogP contribution in [0.15, 0.2) is 12.2 Å². The second kappa shape index (κ2) is 4.14. The highest BCUT2D eigenvalue weighted by atomic mass is 16.5. The molecule has 0 spiro atoms. The largest absolute Gasteiger partial charge is 0.366 e. The van der Waals surface area contributed by atoms with Gasteiger partial charge in [-0.25, -0.2) is 0 Å². The van der Waals surface area contributed by atoms with Crippen molar-refractivity contribution < 1.29 is 4.74 Å². The standard InChI is InChI=1S/C12H17NO/c1-2-9-10(5-3-4-8-13)12-7-6-11(9)14-12/h6-7,9-12H,2-5H2,1H3. The van der Waals surface area contributed by atoms with Gasteiger partial charge < -0.3 is 4.74 Å². The third-order valence-corrected chi connectivity index (χ3v) is 3.50. The van der Waals surface area contributed by atoms with Crippen LogP contribution in [0.4, 0.5) is 0 Å². The summed E-state index contributed by atoms with van der Waals surface area (Å²) in [6, 6.07) is 2.21. The zero-order valence-corrected chi connectivity index (χ0v) is 8.65. The molecule has 2 bridgehead atoms. The lowest BCUT2D eigenvalue weighted by Gasteiger charge is -2.23. The van der Waals surface area contributed by atoms with E-state index >= 15 is 0 Å². The molecule has 0 radical (unpaired) electrons. The van der Waals surface area contributed by atoms with Crippen LogP contribution in [-0.4, -0.2) is 12.2 Å². The second-order valence-corrected chi connectivity index (χ2v) is 4.24. The number of ether oxygens (including phenoxy) is 1. The Morgan fingerprint density at radius 2 is 2.00 bits per heavy atom. The Balaban J connectivity index is 1.91. The zero-order valence-electron chi connectivity index (χ0n) is 8.65. The molecule has 2 rings (SSSR count). The lowest BCUT2D eigenvalue weighted by molar-refractivity contribution is 0.102. The Morgan fingerprint density at radius 1 is 1.29 bits per heavy atom. The number of nitriles is 1. The molecular weight excluding hydrogens is 174 g/mol. The molecule has 2 nitrogen and oxygen atoms in total. The lowest BCUT2D eigenvalue weighted by Crippen LogP contribution is -2.23. The topological polar surface area (TPSA) is 33.0 Å². The van der Waals surface area contributed by atoms with Crippen LogP contribution in [0.2, 0.25) is 0 Å². The fourth-order valence-corrected chi connectivity index (χ4v) is 2.80. The number of nitrogens with zero attached hydrogens (tertiary/aromatic N) is 1. The number of rotatable bonds is 4. The van der Waals surface area contributed by atoms with Gasteiger partial charge in [-0.1, -0.05) is 25.5 Å². The number of hydrogen-bond acceptors (Lipinski definition) is 2. The molecule has 0 aromatic rings. The maximum atomic E-state index is 8.50. The molecule has 1 saturated heterocycles. The fourth-order valence-electron chi connectivity index (χ4n) is 2.80. The first-order chi connectivity index (χ1) is 6.86. The van der Waals surface area contributed by atoms with Gasteiger partial charge in [-0.2, -0.15) is 5.26 Å². The van der Waals surface area contributed by atoms with Gasteiger partial charge in [-0.3, -0.25) is 0 Å². The van der Waals surface area contributed by atoms with Crippen LogP contribution < -0.4 is 0 Å². The molecule has 14 heavy (non-hydrogen) atoms. The van der Waals surface area contributed by atoms with E-state index in [0.29, 0.717) is 30.5 Å². The third kappa shape index (κ3) is 1.57. The van der Waals surface area contributed by atoms with Crippen molar-refractivity contribution in [3.63, 3.8) is 0 Å². The summed E-state index contributed by atoms with van der Waals surface area (Å²) in [5.41, 5.74) is 0. The van der Waals surface area contributed by atoms with Crippen molar-refractivity contribution in [2.75, 3.05) is 0 Å². The van der Waals surface area contributed by atoms with Crippen molar-refractivity contribution in [2.24, 2.45) is 11.8 Å². The molecule has 2 heteroatoms. The molecule has 0 aromatic heterocycles. The minimum atomic E-state index is 0.351. The Bertz CT molecular complexity index is 266. The normalized spacial score (nSPS) is 38.9. The van der Waals surface area contributed by atoms with Crippen LogP contribution in [0.1, 0.15) is 32.6 Å². The van der Waals surface area contributed by atoms with Gasteiger partial charge in [0, 0.05) is 6.42 Å². The minimum absolute atomic E-state index is 0.351. The Hall–Kier alpha value is -0.810. The molecule has 0 N–H and O–H groups in total. The summed E-state index contributed by atoms with van der Waals surface area (Å²) >= 11 is 0. The van der Waals surface area contributed by atoms with Crippen LogP contribution in [-0.2, 0) is 4.74 Å². The highest BCUT2D eigenvalue weighted by Gasteiger charge is 2.43. The first-order valence-electron chi connectivity index (χ1n) is 5.57. The van der Waals surface area contributed by atoms with E-state index in [2.05, 4.69) is 25.1 Å². The summed E-state index contributed by atoms with van der Waals surface area (Å²) in [5.74, 6) is 1.37. The monoisotopic (exact) mass is 191 g/mol. The van der Waals surface area contributed by atoms with Crippen LogP contribution in [0, 0.1) is 23.2 Å². The molecule has 76 valence electrons. The highest BCUT2D eigenvalue weighted by Crippen LogP contribution is 2.43. The maximum absolute atomic E-state index is 8.50. The lowest BCUT2D eigenvalue weighted by atomic mass is 9.79. The average Bonchev–Trinajstić information content (AvgIpc) is 2.78. The van der Waals surface area contributed by atoms with Crippen molar-refractivity contribution in [3.8, 4) is 6.07 Å². The molecule has 2 heterocycles. The molecule has 1 fully saturated rings. The van der Waals surface area contributed by atoms with Crippen LogP contribution in [0.25, 0.3) is 0 Å². The van der Waals surface area contributed by atoms with Gasteiger partial charge in [0.05, 0.1) is 18.3 Å². The summed E-state index contributed by atoms with van der Waals surface area (Å²) in [7, 11) is 0. The first kappa shape index (κ1) is 9.73. The first-order valence-corrected chi connectivity index (χ1v) is 5.57. The van der Waals surface area contributed by atoms with Crippen LogP contribution in [0.5, 0.6) is 0 Å². The van der Waals surface area contributed by atoms with E-state index in [1.54, 1.807) is 0 Å². The maximum Gasteiger partial charge on any atom is 0.0796 e. The van der Waals surface area contributed by atoms with Gasteiger partial charge in [0.25, 0.3) is 0 Å². The molecule has 4 unspecified atom stereocenters. The molecule has 2 aliphatic rings. The third-order valence-electron chi connectivity index (χ3n) is 3.50. The summed E-state index contributed by atoms with van der Waals surface area (Å²) < 4.78 is 5.83. The van der Waals surface area contributed by atoms with Crippen molar-refractivity contribution in [3.05, 3.63) is 12.2 Å². The van der Waals surface area contributed by atoms with E-state index in [1.165, 1.54) is 6.42 Å². The smallest absolute Gasteiger partial charge is 0.0796 e. The molecular formula is C12H17NO. The number of fused-ring (bicyclic) bond motifs is 2. The van der Waals surface area contributed by atoms with Crippen molar-refractivity contribution >= 4 is 0 Å². The molecule has 0 saturated carbocycles. The SMILES string of the molecule is CCC1C2C=CC(O2)C1CCCC#N. The van der Waals surface area contributed by atoms with E-state index < -0.39 is 0 Å². The van der Waals surface area contributed by atoms with Gasteiger partial charge in [0.2, 0.25) is 0 Å². The van der Waals surface area contributed by atoms with Crippen molar-refractivity contribution in [1.82, 2.24) is 0 Å². The van der Waals surface area contributed by atoms with Gasteiger partial charge in [0.15, 0.2) is 0 Å². The Labute approximate surface area is 85.6 Å². The molecule has 4 atom stereocenters. The predicted molar refractivity (Wildman–Crippen MR) is 54.5 cm³/mol.